The zero-order valence-electron chi connectivity index (χ0n) is 12.8. The second-order valence-corrected chi connectivity index (χ2v) is 5.68. The van der Waals surface area contributed by atoms with Crippen LogP contribution in [0, 0.1) is 13.8 Å². The van der Waals surface area contributed by atoms with Crippen molar-refractivity contribution in [3.05, 3.63) is 64.2 Å². The molecule has 0 aliphatic rings. The molecule has 2 rings (SSSR count). The van der Waals surface area contributed by atoms with Crippen LogP contribution in [0.5, 0.6) is 5.75 Å². The van der Waals surface area contributed by atoms with E-state index in [-0.39, 0.29) is 6.04 Å². The molecule has 0 aliphatic carbocycles. The lowest BCUT2D eigenvalue weighted by Crippen LogP contribution is -2.26. The van der Waals surface area contributed by atoms with Gasteiger partial charge >= 0.3 is 0 Å². The maximum absolute atomic E-state index is 6.03. The maximum Gasteiger partial charge on any atom is 0.123 e. The van der Waals surface area contributed by atoms with Gasteiger partial charge in [0.05, 0.1) is 6.04 Å². The summed E-state index contributed by atoms with van der Waals surface area (Å²) in [6.45, 7) is 7.71. The van der Waals surface area contributed by atoms with E-state index < -0.39 is 0 Å². The molecule has 2 aromatic carbocycles. The van der Waals surface area contributed by atoms with E-state index in [2.05, 4.69) is 43.4 Å². The second kappa shape index (κ2) is 7.48. The van der Waals surface area contributed by atoms with E-state index in [4.69, 9.17) is 16.3 Å². The molecular formula is C18H22ClNO. The number of rotatable bonds is 6. The van der Waals surface area contributed by atoms with E-state index in [0.717, 1.165) is 17.9 Å². The molecule has 0 fully saturated rings. The topological polar surface area (TPSA) is 21.3 Å². The number of benzene rings is 2. The van der Waals surface area contributed by atoms with E-state index in [1.165, 1.54) is 11.1 Å². The highest BCUT2D eigenvalue weighted by molar-refractivity contribution is 6.30. The molecule has 0 spiro atoms. The molecule has 0 aliphatic heterocycles. The van der Waals surface area contributed by atoms with Crippen LogP contribution in [0.15, 0.2) is 42.5 Å². The first-order valence-corrected chi connectivity index (χ1v) is 7.67. The number of nitrogens with one attached hydrogen (secondary N) is 1. The Kier molecular flexibility index (Phi) is 5.66. The van der Waals surface area contributed by atoms with Gasteiger partial charge < -0.3 is 10.1 Å². The van der Waals surface area contributed by atoms with Crippen LogP contribution in [0.4, 0.5) is 0 Å². The number of likely N-dealkylation sites (N-methyl/N-ethyl adjacent to an activating group) is 1. The lowest BCUT2D eigenvalue weighted by molar-refractivity contribution is 0.266. The smallest absolute Gasteiger partial charge is 0.123 e. The summed E-state index contributed by atoms with van der Waals surface area (Å²) in [6.07, 6.45) is 0. The summed E-state index contributed by atoms with van der Waals surface area (Å²) in [7, 11) is 0. The van der Waals surface area contributed by atoms with Crippen molar-refractivity contribution >= 4 is 11.6 Å². The molecule has 2 nitrogen and oxygen atoms in total. The first-order valence-electron chi connectivity index (χ1n) is 7.29. The predicted octanol–water partition coefficient (Wildman–Crippen LogP) is 4.69. The molecule has 0 saturated heterocycles. The van der Waals surface area contributed by atoms with Crippen molar-refractivity contribution < 1.29 is 4.74 Å². The number of ether oxygens (including phenoxy) is 1. The fourth-order valence-electron chi connectivity index (χ4n) is 2.22. The third-order valence-corrected chi connectivity index (χ3v) is 3.72. The van der Waals surface area contributed by atoms with Crippen molar-refractivity contribution in [3.8, 4) is 5.75 Å². The Bertz CT molecular complexity index is 580. The van der Waals surface area contributed by atoms with E-state index >= 15 is 0 Å². The summed E-state index contributed by atoms with van der Waals surface area (Å²) >= 11 is 6.03. The van der Waals surface area contributed by atoms with Crippen LogP contribution < -0.4 is 10.1 Å². The number of aryl methyl sites for hydroxylation is 2. The van der Waals surface area contributed by atoms with Crippen LogP contribution >= 0.6 is 11.6 Å². The van der Waals surface area contributed by atoms with Crippen LogP contribution in [0.1, 0.15) is 29.7 Å². The van der Waals surface area contributed by atoms with Crippen LogP contribution in [-0.2, 0) is 0 Å². The molecular weight excluding hydrogens is 282 g/mol. The van der Waals surface area contributed by atoms with Crippen molar-refractivity contribution in [1.29, 1.82) is 0 Å². The largest absolute Gasteiger partial charge is 0.491 e. The molecule has 0 aromatic heterocycles. The average molecular weight is 304 g/mol. The highest BCUT2D eigenvalue weighted by Gasteiger charge is 2.12. The fourth-order valence-corrected chi connectivity index (χ4v) is 2.38. The standard InChI is InChI=1S/C18H22ClNO/c1-4-20-17(15-8-5-13(2)6-9-15)12-21-18-11-16(19)10-7-14(18)3/h5-11,17,20H,4,12H2,1-3H3. The van der Waals surface area contributed by atoms with Crippen molar-refractivity contribution in [2.24, 2.45) is 0 Å². The second-order valence-electron chi connectivity index (χ2n) is 5.24. The molecule has 0 amide bonds. The van der Waals surface area contributed by atoms with Crippen LogP contribution in [0.2, 0.25) is 5.02 Å². The van der Waals surface area contributed by atoms with Crippen molar-refractivity contribution in [2.75, 3.05) is 13.2 Å². The van der Waals surface area contributed by atoms with Crippen LogP contribution in [0.25, 0.3) is 0 Å². The minimum absolute atomic E-state index is 0.175. The highest BCUT2D eigenvalue weighted by atomic mass is 35.5. The summed E-state index contributed by atoms with van der Waals surface area (Å²) in [4.78, 5) is 0. The van der Waals surface area contributed by atoms with Gasteiger partial charge in [-0.15, -0.1) is 0 Å². The number of hydrogen-bond acceptors (Lipinski definition) is 2. The van der Waals surface area contributed by atoms with Crippen molar-refractivity contribution in [1.82, 2.24) is 5.32 Å². The van der Waals surface area contributed by atoms with Crippen molar-refractivity contribution in [2.45, 2.75) is 26.8 Å². The van der Waals surface area contributed by atoms with Gasteiger partial charge in [-0.1, -0.05) is 54.4 Å². The van der Waals surface area contributed by atoms with Crippen molar-refractivity contribution in [3.63, 3.8) is 0 Å². The molecule has 0 saturated carbocycles. The summed E-state index contributed by atoms with van der Waals surface area (Å²) in [5.41, 5.74) is 3.60. The fraction of sp³-hybridized carbons (Fsp3) is 0.333. The third-order valence-electron chi connectivity index (χ3n) is 3.49. The van der Waals surface area contributed by atoms with Gasteiger partial charge in [0.2, 0.25) is 0 Å². The molecule has 1 atom stereocenters. The van der Waals surface area contributed by atoms with Gasteiger partial charge in [0.15, 0.2) is 0 Å². The number of halogens is 1. The molecule has 21 heavy (non-hydrogen) atoms. The van der Waals surface area contributed by atoms with Gasteiger partial charge in [-0.3, -0.25) is 0 Å². The van der Waals surface area contributed by atoms with E-state index in [0.29, 0.717) is 11.6 Å². The van der Waals surface area contributed by atoms with E-state index in [9.17, 15) is 0 Å². The zero-order chi connectivity index (χ0) is 15.2. The Morgan fingerprint density at radius 2 is 1.81 bits per heavy atom. The molecule has 0 radical (unpaired) electrons. The van der Waals surface area contributed by atoms with Gasteiger partial charge in [-0.25, -0.2) is 0 Å². The Hall–Kier alpha value is -1.51. The Morgan fingerprint density at radius 3 is 2.48 bits per heavy atom. The lowest BCUT2D eigenvalue weighted by atomic mass is 10.1. The summed E-state index contributed by atoms with van der Waals surface area (Å²) in [5, 5.41) is 4.16. The summed E-state index contributed by atoms with van der Waals surface area (Å²) in [6, 6.07) is 14.5. The first kappa shape index (κ1) is 15.9. The minimum Gasteiger partial charge on any atom is -0.491 e. The van der Waals surface area contributed by atoms with Crippen LogP contribution in [0.3, 0.4) is 0 Å². The Labute approximate surface area is 132 Å². The van der Waals surface area contributed by atoms with Gasteiger partial charge in [0, 0.05) is 5.02 Å². The molecule has 1 unspecified atom stereocenters. The van der Waals surface area contributed by atoms with Gasteiger partial charge in [-0.05, 0) is 43.7 Å². The molecule has 2 aromatic rings. The predicted molar refractivity (Wildman–Crippen MR) is 89.3 cm³/mol. The SMILES string of the molecule is CCNC(COc1cc(Cl)ccc1C)c1ccc(C)cc1. The first-order chi connectivity index (χ1) is 10.1. The third kappa shape index (κ3) is 4.48. The lowest BCUT2D eigenvalue weighted by Gasteiger charge is -2.20. The molecule has 3 heteroatoms. The Morgan fingerprint density at radius 1 is 1.10 bits per heavy atom. The quantitative estimate of drug-likeness (QED) is 0.836. The summed E-state index contributed by atoms with van der Waals surface area (Å²) < 4.78 is 5.97. The van der Waals surface area contributed by atoms with Gasteiger partial charge in [-0.2, -0.15) is 0 Å². The molecule has 1 N–H and O–H groups in total. The number of hydrogen-bond donors (Lipinski definition) is 1. The van der Waals surface area contributed by atoms with E-state index in [1.54, 1.807) is 0 Å². The summed E-state index contributed by atoms with van der Waals surface area (Å²) in [5.74, 6) is 0.845. The normalized spacial score (nSPS) is 12.2. The van der Waals surface area contributed by atoms with E-state index in [1.807, 2.05) is 25.1 Å². The minimum atomic E-state index is 0.175. The average Bonchev–Trinajstić information content (AvgIpc) is 2.48. The molecule has 0 heterocycles. The molecule has 0 bridgehead atoms. The van der Waals surface area contributed by atoms with Gasteiger partial charge in [0.1, 0.15) is 12.4 Å². The Balaban J connectivity index is 2.09. The monoisotopic (exact) mass is 303 g/mol. The van der Waals surface area contributed by atoms with Crippen LogP contribution in [-0.4, -0.2) is 13.2 Å². The maximum atomic E-state index is 6.03. The zero-order valence-corrected chi connectivity index (χ0v) is 13.6. The van der Waals surface area contributed by atoms with Gasteiger partial charge in [0.25, 0.3) is 0 Å². The highest BCUT2D eigenvalue weighted by Crippen LogP contribution is 2.24. The molecule has 112 valence electrons.